The molecule has 0 aromatic carbocycles. The second-order valence-electron chi connectivity index (χ2n) is 1.88. The Balaban J connectivity index is 2.49. The zero-order chi connectivity index (χ0) is 7.40. The number of rotatable bonds is 3. The van der Waals surface area contributed by atoms with Gasteiger partial charge < -0.3 is 4.52 Å². The van der Waals surface area contributed by atoms with E-state index in [1.165, 1.54) is 0 Å². The number of hydrogen-bond acceptors (Lipinski definition) is 4. The summed E-state index contributed by atoms with van der Waals surface area (Å²) in [5.74, 6) is 0.766. The van der Waals surface area contributed by atoms with Crippen LogP contribution >= 0.6 is 0 Å². The molecule has 0 aliphatic carbocycles. The van der Waals surface area contributed by atoms with Gasteiger partial charge in [-0.3, -0.25) is 5.43 Å². The summed E-state index contributed by atoms with van der Waals surface area (Å²) in [4.78, 5) is 0. The van der Waals surface area contributed by atoms with E-state index >= 15 is 0 Å². The third-order valence-corrected chi connectivity index (χ3v) is 1.02. The molecule has 5 nitrogen and oxygen atoms in total. The van der Waals surface area contributed by atoms with Crippen molar-refractivity contribution in [2.24, 2.45) is 5.22 Å². The van der Waals surface area contributed by atoms with Crippen molar-refractivity contribution in [3.8, 4) is 0 Å². The van der Waals surface area contributed by atoms with Crippen LogP contribution in [0.25, 0.3) is 0 Å². The molecule has 0 bridgehead atoms. The standard InChI is InChI=1S/C5H8N4O/c1-4-2-5(8-10-4)3-7-9-6/h2H,3H2,1H3,(H2,6,7). The normalized spacial score (nSPS) is 9.30. The molecule has 54 valence electrons. The molecule has 0 amide bonds. The van der Waals surface area contributed by atoms with E-state index in [1.54, 1.807) is 6.07 Å². The summed E-state index contributed by atoms with van der Waals surface area (Å²) in [6, 6.07) is 1.79. The van der Waals surface area contributed by atoms with E-state index < -0.39 is 0 Å². The third-order valence-electron chi connectivity index (χ3n) is 1.02. The van der Waals surface area contributed by atoms with Gasteiger partial charge in [-0.15, -0.1) is 0 Å². The lowest BCUT2D eigenvalue weighted by atomic mass is 10.4. The maximum atomic E-state index is 6.41. The maximum absolute atomic E-state index is 6.41. The summed E-state index contributed by atoms with van der Waals surface area (Å²) in [6.07, 6.45) is 0. The van der Waals surface area contributed by atoms with E-state index in [9.17, 15) is 0 Å². The van der Waals surface area contributed by atoms with Gasteiger partial charge in [0.15, 0.2) is 0 Å². The van der Waals surface area contributed by atoms with E-state index in [0.29, 0.717) is 6.54 Å². The van der Waals surface area contributed by atoms with E-state index in [1.807, 2.05) is 6.92 Å². The van der Waals surface area contributed by atoms with Crippen molar-refractivity contribution in [1.29, 1.82) is 5.53 Å². The molecule has 0 aliphatic rings. The van der Waals surface area contributed by atoms with Crippen LogP contribution in [0.4, 0.5) is 0 Å². The molecule has 5 heteroatoms. The van der Waals surface area contributed by atoms with Gasteiger partial charge in [0.1, 0.15) is 11.5 Å². The minimum Gasteiger partial charge on any atom is -0.361 e. The Morgan fingerprint density at radius 2 is 2.70 bits per heavy atom. The van der Waals surface area contributed by atoms with Gasteiger partial charge >= 0.3 is 0 Å². The summed E-state index contributed by atoms with van der Waals surface area (Å²) >= 11 is 0. The van der Waals surface area contributed by atoms with Crippen molar-refractivity contribution in [3.05, 3.63) is 17.5 Å². The summed E-state index contributed by atoms with van der Waals surface area (Å²) < 4.78 is 4.77. The third kappa shape index (κ3) is 1.54. The summed E-state index contributed by atoms with van der Waals surface area (Å²) in [5.41, 5.74) is 9.62. The van der Waals surface area contributed by atoms with Gasteiger partial charge in [0, 0.05) is 6.07 Å². The van der Waals surface area contributed by atoms with E-state index in [0.717, 1.165) is 11.5 Å². The summed E-state index contributed by atoms with van der Waals surface area (Å²) in [6.45, 7) is 2.26. The largest absolute Gasteiger partial charge is 0.361 e. The lowest BCUT2D eigenvalue weighted by Crippen LogP contribution is -2.02. The fourth-order valence-electron chi connectivity index (χ4n) is 0.622. The van der Waals surface area contributed by atoms with Crippen LogP contribution in [0, 0.1) is 12.5 Å². The quantitative estimate of drug-likeness (QED) is 0.486. The predicted molar refractivity (Wildman–Crippen MR) is 33.2 cm³/mol. The molecule has 1 heterocycles. The van der Waals surface area contributed by atoms with Crippen LogP contribution in [0.3, 0.4) is 0 Å². The SMILES string of the molecule is Cc1cc(CNN=N)no1. The molecule has 0 aliphatic heterocycles. The first-order valence-corrected chi connectivity index (χ1v) is 2.84. The first-order chi connectivity index (χ1) is 4.83. The molecule has 2 N–H and O–H groups in total. The lowest BCUT2D eigenvalue weighted by molar-refractivity contribution is 0.388. The van der Waals surface area contributed by atoms with Crippen LogP contribution in [0.5, 0.6) is 0 Å². The molecule has 0 fully saturated rings. The van der Waals surface area contributed by atoms with Crippen LogP contribution in [0.2, 0.25) is 0 Å². The van der Waals surface area contributed by atoms with Crippen LogP contribution in [0.15, 0.2) is 15.8 Å². The minimum atomic E-state index is 0.445. The number of aromatic nitrogens is 1. The van der Waals surface area contributed by atoms with Gasteiger partial charge in [-0.2, -0.15) is 5.53 Å². The Bertz CT molecular complexity index is 219. The Kier molecular flexibility index (Phi) is 1.99. The molecule has 1 rings (SSSR count). The molecule has 0 unspecified atom stereocenters. The molecule has 10 heavy (non-hydrogen) atoms. The van der Waals surface area contributed by atoms with Gasteiger partial charge in [-0.25, -0.2) is 0 Å². The molecular weight excluding hydrogens is 132 g/mol. The van der Waals surface area contributed by atoms with Crippen molar-refractivity contribution in [3.63, 3.8) is 0 Å². The van der Waals surface area contributed by atoms with Crippen molar-refractivity contribution in [1.82, 2.24) is 10.6 Å². The smallest absolute Gasteiger partial charge is 0.133 e. The fourth-order valence-corrected chi connectivity index (χ4v) is 0.622. The first-order valence-electron chi connectivity index (χ1n) is 2.84. The monoisotopic (exact) mass is 140 g/mol. The van der Waals surface area contributed by atoms with Crippen LogP contribution < -0.4 is 5.43 Å². The number of nitrogens with zero attached hydrogens (tertiary/aromatic N) is 2. The zero-order valence-electron chi connectivity index (χ0n) is 5.59. The first kappa shape index (κ1) is 6.73. The highest BCUT2D eigenvalue weighted by Gasteiger charge is 1.96. The van der Waals surface area contributed by atoms with Gasteiger partial charge in [0.2, 0.25) is 0 Å². The highest BCUT2D eigenvalue weighted by Crippen LogP contribution is 1.99. The fraction of sp³-hybridized carbons (Fsp3) is 0.400. The van der Waals surface area contributed by atoms with Gasteiger partial charge in [-0.1, -0.05) is 10.4 Å². The molecule has 0 atom stereocenters. The van der Waals surface area contributed by atoms with Crippen LogP contribution in [-0.2, 0) is 6.54 Å². The average Bonchev–Trinajstić information content (AvgIpc) is 2.31. The van der Waals surface area contributed by atoms with E-state index in [2.05, 4.69) is 15.8 Å². The van der Waals surface area contributed by atoms with Gasteiger partial charge in [0.25, 0.3) is 0 Å². The van der Waals surface area contributed by atoms with E-state index in [-0.39, 0.29) is 0 Å². The summed E-state index contributed by atoms with van der Waals surface area (Å²) in [5, 5.41) is 6.63. The molecule has 0 saturated heterocycles. The maximum Gasteiger partial charge on any atom is 0.133 e. The molecule has 0 saturated carbocycles. The predicted octanol–water partition coefficient (Wildman–Crippen LogP) is 1.02. The second-order valence-corrected chi connectivity index (χ2v) is 1.88. The Hall–Kier alpha value is -1.39. The highest BCUT2D eigenvalue weighted by molar-refractivity contribution is 5.02. The van der Waals surface area contributed by atoms with Crippen LogP contribution in [-0.4, -0.2) is 5.16 Å². The van der Waals surface area contributed by atoms with Crippen molar-refractivity contribution < 1.29 is 4.52 Å². The van der Waals surface area contributed by atoms with Crippen molar-refractivity contribution in [2.45, 2.75) is 13.5 Å². The molecule has 1 aromatic heterocycles. The van der Waals surface area contributed by atoms with Crippen LogP contribution in [0.1, 0.15) is 11.5 Å². The Labute approximate surface area is 57.9 Å². The number of hydrogen-bond donors (Lipinski definition) is 2. The minimum absolute atomic E-state index is 0.445. The zero-order valence-corrected chi connectivity index (χ0v) is 5.59. The van der Waals surface area contributed by atoms with Crippen molar-refractivity contribution >= 4 is 0 Å². The molecule has 1 aromatic rings. The molecule has 0 spiro atoms. The van der Waals surface area contributed by atoms with E-state index in [4.69, 9.17) is 10.1 Å². The summed E-state index contributed by atoms with van der Waals surface area (Å²) in [7, 11) is 0. The highest BCUT2D eigenvalue weighted by atomic mass is 16.5. The Morgan fingerprint density at radius 3 is 3.20 bits per heavy atom. The number of nitrogens with one attached hydrogen (secondary N) is 2. The molecular formula is C5H8N4O. The van der Waals surface area contributed by atoms with Crippen molar-refractivity contribution in [2.75, 3.05) is 0 Å². The number of aryl methyl sites for hydroxylation is 1. The lowest BCUT2D eigenvalue weighted by Gasteiger charge is -1.88. The van der Waals surface area contributed by atoms with Gasteiger partial charge in [0.05, 0.1) is 6.54 Å². The Morgan fingerprint density at radius 1 is 1.90 bits per heavy atom. The average molecular weight is 140 g/mol. The topological polar surface area (TPSA) is 74.3 Å². The van der Waals surface area contributed by atoms with Gasteiger partial charge in [-0.05, 0) is 6.92 Å². The molecule has 0 radical (unpaired) electrons. The second kappa shape index (κ2) is 2.95.